The van der Waals surface area contributed by atoms with Crippen LogP contribution in [-0.4, -0.2) is 42.8 Å². The maximum absolute atomic E-state index is 12.0. The van der Waals surface area contributed by atoms with Gasteiger partial charge >= 0.3 is 5.97 Å². The van der Waals surface area contributed by atoms with Gasteiger partial charge < -0.3 is 14.2 Å². The minimum Gasteiger partial charge on any atom is -0.462 e. The lowest BCUT2D eigenvalue weighted by atomic mass is 9.67. The zero-order valence-corrected chi connectivity index (χ0v) is 8.73. The molecule has 0 radical (unpaired) electrons. The van der Waals surface area contributed by atoms with Crippen molar-refractivity contribution in [2.45, 2.75) is 37.1 Å². The highest BCUT2D eigenvalue weighted by Crippen LogP contribution is 2.61. The van der Waals surface area contributed by atoms with E-state index in [0.717, 1.165) is 0 Å². The standard InChI is InChI=1S/C11H12O5/c12-6-3-8-11-5-15-9(13)10(11,1-2-14-8)4-7(6)16-11/h7-8H,1-5H2/t7-,8+,10+,11-/m1/s1. The molecule has 4 heterocycles. The molecule has 4 saturated heterocycles. The summed E-state index contributed by atoms with van der Waals surface area (Å²) in [6, 6.07) is 0. The van der Waals surface area contributed by atoms with Crippen molar-refractivity contribution in [3.63, 3.8) is 0 Å². The molecule has 0 amide bonds. The second-order valence-electron chi connectivity index (χ2n) is 5.14. The smallest absolute Gasteiger partial charge is 0.315 e. The van der Waals surface area contributed by atoms with Crippen molar-refractivity contribution in [3.8, 4) is 0 Å². The molecule has 86 valence electrons. The van der Waals surface area contributed by atoms with Gasteiger partial charge in [0.2, 0.25) is 0 Å². The van der Waals surface area contributed by atoms with E-state index in [2.05, 4.69) is 0 Å². The van der Waals surface area contributed by atoms with Crippen LogP contribution >= 0.6 is 0 Å². The van der Waals surface area contributed by atoms with E-state index in [0.29, 0.717) is 25.9 Å². The number of hydrogen-bond donors (Lipinski definition) is 0. The van der Waals surface area contributed by atoms with Gasteiger partial charge in [0.15, 0.2) is 5.78 Å². The average Bonchev–Trinajstić information content (AvgIpc) is 2.74. The Labute approximate surface area is 92.0 Å². The second-order valence-corrected chi connectivity index (χ2v) is 5.14. The van der Waals surface area contributed by atoms with E-state index in [-0.39, 0.29) is 24.5 Å². The van der Waals surface area contributed by atoms with Crippen LogP contribution in [0, 0.1) is 5.41 Å². The number of hydrogen-bond acceptors (Lipinski definition) is 5. The van der Waals surface area contributed by atoms with Crippen LogP contribution in [0.3, 0.4) is 0 Å². The Morgan fingerprint density at radius 3 is 3.06 bits per heavy atom. The highest BCUT2D eigenvalue weighted by atomic mass is 16.6. The number of fused-ring (bicyclic) bond motifs is 1. The number of cyclic esters (lactones) is 1. The molecule has 5 nitrogen and oxygen atoms in total. The first-order chi connectivity index (χ1) is 7.68. The van der Waals surface area contributed by atoms with Crippen molar-refractivity contribution in [2.24, 2.45) is 5.41 Å². The molecule has 4 fully saturated rings. The van der Waals surface area contributed by atoms with Crippen molar-refractivity contribution in [3.05, 3.63) is 0 Å². The van der Waals surface area contributed by atoms with Gasteiger partial charge in [0.05, 0.1) is 6.10 Å². The molecule has 5 heteroatoms. The molecule has 0 aromatic heterocycles. The first kappa shape index (κ1) is 9.13. The molecule has 0 N–H and O–H groups in total. The molecule has 4 aliphatic heterocycles. The monoisotopic (exact) mass is 224 g/mol. The van der Waals surface area contributed by atoms with Crippen LogP contribution in [-0.2, 0) is 23.8 Å². The number of esters is 1. The summed E-state index contributed by atoms with van der Waals surface area (Å²) >= 11 is 0. The lowest BCUT2D eigenvalue weighted by molar-refractivity contribution is -0.213. The van der Waals surface area contributed by atoms with Gasteiger partial charge in [0, 0.05) is 13.0 Å². The van der Waals surface area contributed by atoms with Crippen LogP contribution in [0.4, 0.5) is 0 Å². The highest BCUT2D eigenvalue weighted by molar-refractivity contribution is 5.91. The lowest BCUT2D eigenvalue weighted by Gasteiger charge is -2.45. The predicted molar refractivity (Wildman–Crippen MR) is 49.6 cm³/mol. The van der Waals surface area contributed by atoms with Crippen molar-refractivity contribution in [2.75, 3.05) is 13.2 Å². The normalized spacial score (nSPS) is 53.8. The van der Waals surface area contributed by atoms with Gasteiger partial charge in [-0.25, -0.2) is 0 Å². The highest BCUT2D eigenvalue weighted by Gasteiger charge is 2.76. The van der Waals surface area contributed by atoms with Crippen LogP contribution in [0.5, 0.6) is 0 Å². The van der Waals surface area contributed by atoms with Crippen molar-refractivity contribution < 1.29 is 23.8 Å². The van der Waals surface area contributed by atoms with Crippen LogP contribution in [0.15, 0.2) is 0 Å². The van der Waals surface area contributed by atoms with Crippen molar-refractivity contribution >= 4 is 11.8 Å². The van der Waals surface area contributed by atoms with Crippen LogP contribution in [0.2, 0.25) is 0 Å². The number of ketones is 1. The van der Waals surface area contributed by atoms with Gasteiger partial charge in [-0.1, -0.05) is 0 Å². The fraction of sp³-hybridized carbons (Fsp3) is 0.818. The molecule has 16 heavy (non-hydrogen) atoms. The van der Waals surface area contributed by atoms with Gasteiger partial charge in [0.1, 0.15) is 23.7 Å². The predicted octanol–water partition coefficient (Wildman–Crippen LogP) is -0.181. The molecule has 0 aromatic rings. The molecular weight excluding hydrogens is 212 g/mol. The number of Topliss-reactive ketones (excluding diaryl/α,β-unsaturated/α-hetero) is 1. The van der Waals surface area contributed by atoms with Crippen molar-refractivity contribution in [1.29, 1.82) is 0 Å². The molecule has 1 spiro atoms. The second kappa shape index (κ2) is 2.49. The largest absolute Gasteiger partial charge is 0.462 e. The van der Waals surface area contributed by atoms with Gasteiger partial charge in [-0.2, -0.15) is 0 Å². The number of carbonyl (C=O) groups excluding carboxylic acids is 2. The van der Waals surface area contributed by atoms with Gasteiger partial charge in [-0.3, -0.25) is 9.59 Å². The van der Waals surface area contributed by atoms with Crippen molar-refractivity contribution in [1.82, 2.24) is 0 Å². The molecule has 4 atom stereocenters. The summed E-state index contributed by atoms with van der Waals surface area (Å²) in [6.45, 7) is 0.769. The maximum Gasteiger partial charge on any atom is 0.315 e. The lowest BCUT2D eigenvalue weighted by Crippen LogP contribution is -2.61. The number of rotatable bonds is 0. The van der Waals surface area contributed by atoms with E-state index >= 15 is 0 Å². The Balaban J connectivity index is 1.92. The summed E-state index contributed by atoms with van der Waals surface area (Å²) in [5.41, 5.74) is -1.27. The van der Waals surface area contributed by atoms with E-state index in [1.54, 1.807) is 0 Å². The molecule has 0 saturated carbocycles. The summed E-state index contributed by atoms with van der Waals surface area (Å²) in [5.74, 6) is -0.128. The van der Waals surface area contributed by atoms with E-state index in [1.165, 1.54) is 0 Å². The molecule has 2 bridgehead atoms. The summed E-state index contributed by atoms with van der Waals surface area (Å²) in [4.78, 5) is 23.7. The fourth-order valence-corrected chi connectivity index (χ4v) is 3.76. The quantitative estimate of drug-likeness (QED) is 0.534. The van der Waals surface area contributed by atoms with E-state index in [1.807, 2.05) is 0 Å². The van der Waals surface area contributed by atoms with Crippen LogP contribution in [0.25, 0.3) is 0 Å². The topological polar surface area (TPSA) is 61.8 Å². The molecule has 0 aromatic carbocycles. The van der Waals surface area contributed by atoms with Crippen LogP contribution < -0.4 is 0 Å². The Hall–Kier alpha value is -0.940. The number of ether oxygens (including phenoxy) is 3. The average molecular weight is 224 g/mol. The zero-order chi connectivity index (χ0) is 11.0. The van der Waals surface area contributed by atoms with E-state index in [9.17, 15) is 9.59 Å². The zero-order valence-electron chi connectivity index (χ0n) is 8.73. The third-order valence-electron chi connectivity index (χ3n) is 4.62. The first-order valence-corrected chi connectivity index (χ1v) is 5.67. The Morgan fingerprint density at radius 2 is 2.19 bits per heavy atom. The minimum absolute atomic E-state index is 0.0686. The summed E-state index contributed by atoms with van der Waals surface area (Å²) in [6.07, 6.45) is 0.768. The Morgan fingerprint density at radius 1 is 1.31 bits per heavy atom. The number of carbonyl (C=O) groups is 2. The Bertz CT molecular complexity index is 405. The third kappa shape index (κ3) is 0.729. The molecule has 0 aliphatic carbocycles. The fourth-order valence-electron chi connectivity index (χ4n) is 3.76. The molecule has 4 rings (SSSR count). The summed E-state index contributed by atoms with van der Waals surface area (Å²) < 4.78 is 16.6. The Kier molecular flexibility index (Phi) is 1.42. The van der Waals surface area contributed by atoms with Gasteiger partial charge in [-0.15, -0.1) is 0 Å². The molecule has 4 aliphatic rings. The van der Waals surface area contributed by atoms with Crippen LogP contribution in [0.1, 0.15) is 19.3 Å². The maximum atomic E-state index is 12.0. The van der Waals surface area contributed by atoms with E-state index in [4.69, 9.17) is 14.2 Å². The van der Waals surface area contributed by atoms with E-state index < -0.39 is 17.1 Å². The SMILES string of the molecule is O=C1C[C@@H]2OCC[C@@]34C[C@H]1O[C@]23COC4=O. The summed E-state index contributed by atoms with van der Waals surface area (Å²) in [5, 5.41) is 0. The third-order valence-corrected chi connectivity index (χ3v) is 4.62. The first-order valence-electron chi connectivity index (χ1n) is 5.67. The molecule has 0 unspecified atom stereocenters. The van der Waals surface area contributed by atoms with Gasteiger partial charge in [-0.05, 0) is 12.8 Å². The van der Waals surface area contributed by atoms with Gasteiger partial charge in [0.25, 0.3) is 0 Å². The molecular formula is C11H12O5. The summed E-state index contributed by atoms with van der Waals surface area (Å²) in [7, 11) is 0. The minimum atomic E-state index is -0.666.